The van der Waals surface area contributed by atoms with E-state index in [0.29, 0.717) is 11.2 Å². The first kappa shape index (κ1) is 20.4. The van der Waals surface area contributed by atoms with Crippen LogP contribution in [0.3, 0.4) is 0 Å². The van der Waals surface area contributed by atoms with Gasteiger partial charge >= 0.3 is 6.18 Å². The average Bonchev–Trinajstić information content (AvgIpc) is 3.18. The number of methoxy groups -OCH3 is 2. The molecular weight excluding hydrogens is 417 g/mol. The Balaban J connectivity index is 1.69. The number of halogens is 3. The number of amides is 1. The van der Waals surface area contributed by atoms with E-state index < -0.39 is 11.9 Å². The van der Waals surface area contributed by atoms with Gasteiger partial charge in [-0.15, -0.1) is 0 Å². The third-order valence-electron chi connectivity index (χ3n) is 4.43. The zero-order valence-corrected chi connectivity index (χ0v) is 16.3. The van der Waals surface area contributed by atoms with Gasteiger partial charge in [0.15, 0.2) is 11.2 Å². The highest BCUT2D eigenvalue weighted by atomic mass is 19.4. The summed E-state index contributed by atoms with van der Waals surface area (Å²) in [6.45, 7) is -0.0265. The maximum Gasteiger partial charge on any atom is 0.435 e. The molecule has 0 bridgehead atoms. The molecule has 1 aliphatic rings. The van der Waals surface area contributed by atoms with E-state index in [2.05, 4.69) is 25.1 Å². The Bertz CT molecular complexity index is 1290. The minimum absolute atomic E-state index is 0.0265. The molecule has 1 aromatic carbocycles. The van der Waals surface area contributed by atoms with Gasteiger partial charge in [0.25, 0.3) is 5.91 Å². The predicted octanol–water partition coefficient (Wildman–Crippen LogP) is 1.07. The Morgan fingerprint density at radius 3 is 2.68 bits per heavy atom. The molecule has 9 nitrogen and oxygen atoms in total. The molecule has 0 N–H and O–H groups in total. The van der Waals surface area contributed by atoms with Gasteiger partial charge in [-0.3, -0.25) is 9.79 Å². The third kappa shape index (κ3) is 4.09. The van der Waals surface area contributed by atoms with E-state index in [1.54, 1.807) is 18.2 Å². The molecule has 0 radical (unpaired) electrons. The van der Waals surface area contributed by atoms with Gasteiger partial charge < -0.3 is 9.47 Å². The van der Waals surface area contributed by atoms with E-state index in [1.165, 1.54) is 20.4 Å². The SMILES string of the molecule is COc1cc(Cc2ncc3c(n2)=NC(=O)CN=3)ccc1-n1nc(C(F)(F)F)cc1OC. The molecule has 31 heavy (non-hydrogen) atoms. The molecule has 3 aromatic rings. The fourth-order valence-corrected chi connectivity index (χ4v) is 3.00. The average molecular weight is 432 g/mol. The van der Waals surface area contributed by atoms with Crippen molar-refractivity contribution in [2.75, 3.05) is 20.8 Å². The predicted molar refractivity (Wildman–Crippen MR) is 98.7 cm³/mol. The zero-order chi connectivity index (χ0) is 22.2. The lowest BCUT2D eigenvalue weighted by molar-refractivity contribution is -0.141. The number of ether oxygens (including phenoxy) is 2. The van der Waals surface area contributed by atoms with Crippen LogP contribution >= 0.6 is 0 Å². The summed E-state index contributed by atoms with van der Waals surface area (Å²) in [5.41, 5.74) is 0.124. The molecular formula is C19H15F3N6O3. The van der Waals surface area contributed by atoms with Crippen LogP contribution in [0.25, 0.3) is 5.69 Å². The van der Waals surface area contributed by atoms with Crippen molar-refractivity contribution in [1.29, 1.82) is 0 Å². The summed E-state index contributed by atoms with van der Waals surface area (Å²) < 4.78 is 50.6. The number of carbonyl (C=O) groups excluding carboxylic acids is 1. The second kappa shape index (κ2) is 7.78. The van der Waals surface area contributed by atoms with Gasteiger partial charge in [0, 0.05) is 12.5 Å². The Hall–Kier alpha value is -3.83. The summed E-state index contributed by atoms with van der Waals surface area (Å²) in [5, 5.41) is 4.05. The molecule has 0 fully saturated rings. The van der Waals surface area contributed by atoms with Crippen molar-refractivity contribution in [1.82, 2.24) is 19.7 Å². The van der Waals surface area contributed by atoms with E-state index in [1.807, 2.05) is 0 Å². The molecule has 1 amide bonds. The minimum Gasteiger partial charge on any atom is -0.494 e. The topological polar surface area (TPSA) is 104 Å². The number of hydrogen-bond donors (Lipinski definition) is 0. The quantitative estimate of drug-likeness (QED) is 0.598. The fraction of sp³-hybridized carbons (Fsp3) is 0.263. The lowest BCUT2D eigenvalue weighted by Crippen LogP contribution is -2.36. The fourth-order valence-electron chi connectivity index (χ4n) is 3.00. The molecule has 12 heteroatoms. The largest absolute Gasteiger partial charge is 0.494 e. The van der Waals surface area contributed by atoms with Gasteiger partial charge in [-0.25, -0.2) is 9.97 Å². The first-order chi connectivity index (χ1) is 14.8. The van der Waals surface area contributed by atoms with Crippen molar-refractivity contribution in [3.8, 4) is 17.3 Å². The highest BCUT2D eigenvalue weighted by Crippen LogP contribution is 2.34. The lowest BCUT2D eigenvalue weighted by atomic mass is 10.1. The van der Waals surface area contributed by atoms with Crippen LogP contribution in [0.4, 0.5) is 13.2 Å². The summed E-state index contributed by atoms with van der Waals surface area (Å²) in [7, 11) is 2.65. The van der Waals surface area contributed by atoms with Crippen molar-refractivity contribution in [2.45, 2.75) is 12.6 Å². The van der Waals surface area contributed by atoms with Crippen LogP contribution in [0.15, 0.2) is 40.4 Å². The monoisotopic (exact) mass is 432 g/mol. The first-order valence-corrected chi connectivity index (χ1v) is 8.95. The van der Waals surface area contributed by atoms with Gasteiger partial charge in [-0.1, -0.05) is 6.07 Å². The molecule has 0 saturated carbocycles. The number of aromatic nitrogens is 4. The summed E-state index contributed by atoms with van der Waals surface area (Å²) in [6.07, 6.45) is -2.85. The standard InChI is InChI=1S/C19H15F3N6O3/c1-30-13-5-10(6-15-24-8-11-18(25-15)26-16(29)9-23-11)3-4-12(13)28-17(31-2)7-14(27-28)19(20,21)22/h3-5,7-8H,6,9H2,1-2H3. The Morgan fingerprint density at radius 2 is 1.97 bits per heavy atom. The highest BCUT2D eigenvalue weighted by molar-refractivity contribution is 5.79. The molecule has 0 spiro atoms. The number of rotatable bonds is 5. The zero-order valence-electron chi connectivity index (χ0n) is 16.3. The molecule has 2 aromatic heterocycles. The third-order valence-corrected chi connectivity index (χ3v) is 4.43. The van der Waals surface area contributed by atoms with Gasteiger partial charge in [0.05, 0.1) is 20.4 Å². The van der Waals surface area contributed by atoms with Crippen LogP contribution in [-0.2, 0) is 17.4 Å². The summed E-state index contributed by atoms with van der Waals surface area (Å²) in [6, 6.07) is 5.69. The van der Waals surface area contributed by atoms with E-state index in [0.717, 1.165) is 16.3 Å². The number of hydrogen-bond acceptors (Lipinski definition) is 7. The van der Waals surface area contributed by atoms with Gasteiger partial charge in [0.1, 0.15) is 29.2 Å². The smallest absolute Gasteiger partial charge is 0.435 e. The van der Waals surface area contributed by atoms with Crippen molar-refractivity contribution < 1.29 is 27.4 Å². The molecule has 0 unspecified atom stereocenters. The molecule has 160 valence electrons. The molecule has 3 heterocycles. The molecule has 0 atom stereocenters. The normalized spacial score (nSPS) is 13.3. The van der Waals surface area contributed by atoms with Gasteiger partial charge in [-0.2, -0.15) is 27.9 Å². The second-order valence-corrected chi connectivity index (χ2v) is 6.48. The number of fused-ring (bicyclic) bond motifs is 1. The minimum atomic E-state index is -4.62. The van der Waals surface area contributed by atoms with Crippen LogP contribution in [0, 0.1) is 0 Å². The number of benzene rings is 1. The van der Waals surface area contributed by atoms with Gasteiger partial charge in [0.2, 0.25) is 5.88 Å². The van der Waals surface area contributed by atoms with Crippen molar-refractivity contribution in [3.63, 3.8) is 0 Å². The lowest BCUT2D eigenvalue weighted by Gasteiger charge is -2.12. The molecule has 1 aliphatic heterocycles. The second-order valence-electron chi connectivity index (χ2n) is 6.48. The molecule has 4 rings (SSSR count). The number of carbonyl (C=O) groups is 1. The Labute approximate surface area is 172 Å². The first-order valence-electron chi connectivity index (χ1n) is 8.95. The Morgan fingerprint density at radius 1 is 1.16 bits per heavy atom. The molecule has 0 aliphatic carbocycles. The number of alkyl halides is 3. The van der Waals surface area contributed by atoms with Crippen LogP contribution in [0.5, 0.6) is 11.6 Å². The number of nitrogens with zero attached hydrogens (tertiary/aromatic N) is 6. The van der Waals surface area contributed by atoms with Crippen LogP contribution in [0.1, 0.15) is 17.1 Å². The maximum atomic E-state index is 13.1. The maximum absolute atomic E-state index is 13.1. The summed E-state index contributed by atoms with van der Waals surface area (Å²) in [4.78, 5) is 27.8. The highest BCUT2D eigenvalue weighted by Gasteiger charge is 2.35. The Kier molecular flexibility index (Phi) is 5.13. The van der Waals surface area contributed by atoms with Crippen LogP contribution < -0.4 is 20.3 Å². The van der Waals surface area contributed by atoms with Crippen LogP contribution in [-0.4, -0.2) is 46.4 Å². The van der Waals surface area contributed by atoms with E-state index in [-0.39, 0.29) is 41.7 Å². The van der Waals surface area contributed by atoms with Crippen LogP contribution in [0.2, 0.25) is 0 Å². The summed E-state index contributed by atoms with van der Waals surface area (Å²) >= 11 is 0. The van der Waals surface area contributed by atoms with Crippen molar-refractivity contribution >= 4 is 5.91 Å². The van der Waals surface area contributed by atoms with Crippen molar-refractivity contribution in [3.05, 3.63) is 58.4 Å². The van der Waals surface area contributed by atoms with E-state index in [4.69, 9.17) is 9.47 Å². The van der Waals surface area contributed by atoms with E-state index in [9.17, 15) is 18.0 Å². The summed E-state index contributed by atoms with van der Waals surface area (Å²) in [5.74, 6) is 0.208. The van der Waals surface area contributed by atoms with Crippen molar-refractivity contribution in [2.24, 2.45) is 9.98 Å². The van der Waals surface area contributed by atoms with Gasteiger partial charge in [-0.05, 0) is 17.7 Å². The molecule has 0 saturated heterocycles. The van der Waals surface area contributed by atoms with E-state index >= 15 is 0 Å².